The highest BCUT2D eigenvalue weighted by molar-refractivity contribution is 7.48. The minimum absolute atomic E-state index is 0.212. The van der Waals surface area contributed by atoms with Gasteiger partial charge in [0.25, 0.3) is 0 Å². The topological polar surface area (TPSA) is 44.8 Å². The maximum absolute atomic E-state index is 11.7. The van der Waals surface area contributed by atoms with Crippen molar-refractivity contribution in [2.24, 2.45) is 0 Å². The fourth-order valence-corrected chi connectivity index (χ4v) is 2.34. The Bertz CT molecular complexity index is 169. The smallest absolute Gasteiger partial charge is 0.284 e. The van der Waals surface area contributed by atoms with Crippen LogP contribution in [0.25, 0.3) is 0 Å². The number of phosphoric acid groups is 1. The molecule has 0 aromatic rings. The summed E-state index contributed by atoms with van der Waals surface area (Å²) < 4.78 is 26.4. The first-order valence-electron chi connectivity index (χ1n) is 4.07. The van der Waals surface area contributed by atoms with Gasteiger partial charge in [0.15, 0.2) is 0 Å². The van der Waals surface area contributed by atoms with Crippen LogP contribution in [0.5, 0.6) is 0 Å². The van der Waals surface area contributed by atoms with Crippen LogP contribution in [-0.4, -0.2) is 18.3 Å². The summed E-state index contributed by atoms with van der Waals surface area (Å²) >= 11 is 5.30. The van der Waals surface area contributed by atoms with Crippen LogP contribution < -0.4 is 0 Å². The van der Waals surface area contributed by atoms with Gasteiger partial charge in [-0.25, -0.2) is 4.57 Å². The van der Waals surface area contributed by atoms with Crippen molar-refractivity contribution in [1.29, 1.82) is 0 Å². The van der Waals surface area contributed by atoms with Gasteiger partial charge in [-0.15, -0.1) is 0 Å². The largest absolute Gasteiger partial charge is 0.476 e. The van der Waals surface area contributed by atoms with E-state index in [1.165, 1.54) is 0 Å². The molecule has 0 saturated carbocycles. The molecule has 0 aromatic heterocycles. The van der Waals surface area contributed by atoms with Crippen molar-refractivity contribution in [3.8, 4) is 0 Å². The van der Waals surface area contributed by atoms with Gasteiger partial charge in [-0.2, -0.15) is 0 Å². The van der Waals surface area contributed by atoms with Crippen LogP contribution in [0, 0.1) is 0 Å². The third kappa shape index (κ3) is 6.47. The number of rotatable bonds is 6. The summed E-state index contributed by atoms with van der Waals surface area (Å²) in [4.78, 5) is 0. The first-order chi connectivity index (χ1) is 5.89. The molecule has 0 N–H and O–H groups in total. The van der Waals surface area contributed by atoms with Crippen molar-refractivity contribution in [1.82, 2.24) is 0 Å². The van der Waals surface area contributed by atoms with E-state index >= 15 is 0 Å². The van der Waals surface area contributed by atoms with Crippen molar-refractivity contribution < 1.29 is 18.1 Å². The molecule has 0 amide bonds. The van der Waals surface area contributed by atoms with Crippen LogP contribution in [0.15, 0.2) is 0 Å². The molecule has 0 unspecified atom stereocenters. The summed E-state index contributed by atoms with van der Waals surface area (Å²) in [7, 11) is -3.46. The molecule has 0 heterocycles. The van der Waals surface area contributed by atoms with Crippen molar-refractivity contribution in [3.63, 3.8) is 0 Å². The Morgan fingerprint density at radius 1 is 1.15 bits per heavy atom. The Morgan fingerprint density at radius 2 is 1.54 bits per heavy atom. The summed E-state index contributed by atoms with van der Waals surface area (Å²) in [5, 5.41) is 0. The zero-order valence-electron chi connectivity index (χ0n) is 8.32. The zero-order valence-corrected chi connectivity index (χ0v) is 9.97. The first kappa shape index (κ1) is 13.4. The Hall–Kier alpha value is 0.400. The lowest BCUT2D eigenvalue weighted by molar-refractivity contribution is 0.0815. The second-order valence-electron chi connectivity index (χ2n) is 2.99. The van der Waals surface area contributed by atoms with E-state index in [0.29, 0.717) is 0 Å². The van der Waals surface area contributed by atoms with Gasteiger partial charge in [-0.05, 0) is 27.7 Å². The molecule has 0 spiro atoms. The lowest BCUT2D eigenvalue weighted by Crippen LogP contribution is -2.09. The standard InChI is InChI=1S/C7H16ClO4P/c1-6(2)11-13(9,10-5-8)12-7(3)4/h6-7H,5H2,1-4H3. The average molecular weight is 231 g/mol. The Morgan fingerprint density at radius 3 is 1.77 bits per heavy atom. The Kier molecular flexibility index (Phi) is 6.18. The summed E-state index contributed by atoms with van der Waals surface area (Å²) in [6, 6.07) is -0.212. The third-order valence-electron chi connectivity index (χ3n) is 0.887. The van der Waals surface area contributed by atoms with Gasteiger partial charge in [-0.3, -0.25) is 13.6 Å². The van der Waals surface area contributed by atoms with Crippen molar-refractivity contribution in [2.75, 3.05) is 6.07 Å². The summed E-state index contributed by atoms with van der Waals surface area (Å²) in [6.45, 7) is 6.98. The number of hydrogen-bond acceptors (Lipinski definition) is 4. The van der Waals surface area contributed by atoms with Crippen LogP contribution in [-0.2, 0) is 18.1 Å². The molecule has 0 atom stereocenters. The molecule has 0 aliphatic heterocycles. The van der Waals surface area contributed by atoms with E-state index in [9.17, 15) is 4.57 Å². The first-order valence-corrected chi connectivity index (χ1v) is 6.06. The SMILES string of the molecule is CC(C)OP(=O)(OCCl)OC(C)C. The van der Waals surface area contributed by atoms with E-state index < -0.39 is 7.82 Å². The van der Waals surface area contributed by atoms with Gasteiger partial charge >= 0.3 is 7.82 Å². The molecule has 4 nitrogen and oxygen atoms in total. The molecule has 0 fully saturated rings. The molecular weight excluding hydrogens is 214 g/mol. The lowest BCUT2D eigenvalue weighted by Gasteiger charge is -2.20. The minimum atomic E-state index is -3.46. The Labute approximate surface area is 84.1 Å². The Balaban J connectivity index is 4.25. The normalized spacial score (nSPS) is 12.8. The summed E-state index contributed by atoms with van der Waals surface area (Å²) in [5.74, 6) is 0. The van der Waals surface area contributed by atoms with Crippen molar-refractivity contribution in [3.05, 3.63) is 0 Å². The molecule has 0 rings (SSSR count). The van der Waals surface area contributed by atoms with E-state index in [2.05, 4.69) is 0 Å². The highest BCUT2D eigenvalue weighted by Gasteiger charge is 2.29. The van der Waals surface area contributed by atoms with Gasteiger partial charge in [0.2, 0.25) is 0 Å². The van der Waals surface area contributed by atoms with Gasteiger partial charge in [-0.1, -0.05) is 11.6 Å². The summed E-state index contributed by atoms with van der Waals surface area (Å²) in [6.07, 6.45) is -0.458. The molecule has 0 radical (unpaired) electrons. The van der Waals surface area contributed by atoms with Crippen molar-refractivity contribution in [2.45, 2.75) is 39.9 Å². The summed E-state index contributed by atoms with van der Waals surface area (Å²) in [5.41, 5.74) is 0. The molecule has 0 aromatic carbocycles. The quantitative estimate of drug-likeness (QED) is 0.519. The monoisotopic (exact) mass is 230 g/mol. The van der Waals surface area contributed by atoms with E-state index in [-0.39, 0.29) is 18.3 Å². The van der Waals surface area contributed by atoms with Crippen LogP contribution >= 0.6 is 19.4 Å². The predicted molar refractivity (Wildman–Crippen MR) is 51.9 cm³/mol. The molecule has 80 valence electrons. The molecule has 0 saturated heterocycles. The highest BCUT2D eigenvalue weighted by atomic mass is 35.5. The molecule has 13 heavy (non-hydrogen) atoms. The second kappa shape index (κ2) is 5.99. The highest BCUT2D eigenvalue weighted by Crippen LogP contribution is 2.51. The maximum Gasteiger partial charge on any atom is 0.476 e. The molecule has 0 aliphatic rings. The van der Waals surface area contributed by atoms with E-state index in [0.717, 1.165) is 0 Å². The van der Waals surface area contributed by atoms with E-state index in [1.807, 2.05) is 0 Å². The second-order valence-corrected chi connectivity index (χ2v) is 4.79. The number of hydrogen-bond donors (Lipinski definition) is 0. The lowest BCUT2D eigenvalue weighted by atomic mass is 10.5. The van der Waals surface area contributed by atoms with Crippen molar-refractivity contribution >= 4 is 19.4 Å². The molecular formula is C7H16ClO4P. The van der Waals surface area contributed by atoms with Crippen LogP contribution in [0.4, 0.5) is 0 Å². The third-order valence-corrected chi connectivity index (χ3v) is 2.95. The average Bonchev–Trinajstić information content (AvgIpc) is 1.81. The van der Waals surface area contributed by atoms with E-state index in [1.54, 1.807) is 27.7 Å². The fourth-order valence-electron chi connectivity index (χ4n) is 0.662. The number of phosphoric ester groups is 1. The zero-order chi connectivity index (χ0) is 10.5. The van der Waals surface area contributed by atoms with Crippen LogP contribution in [0.3, 0.4) is 0 Å². The minimum Gasteiger partial charge on any atom is -0.284 e. The maximum atomic E-state index is 11.7. The van der Waals surface area contributed by atoms with Gasteiger partial charge in [0.1, 0.15) is 6.07 Å². The molecule has 0 aliphatic carbocycles. The fraction of sp³-hybridized carbons (Fsp3) is 1.00. The van der Waals surface area contributed by atoms with E-state index in [4.69, 9.17) is 25.2 Å². The number of alkyl halides is 1. The molecule has 6 heteroatoms. The van der Waals surface area contributed by atoms with Gasteiger partial charge < -0.3 is 0 Å². The van der Waals surface area contributed by atoms with Crippen LogP contribution in [0.1, 0.15) is 27.7 Å². The van der Waals surface area contributed by atoms with Gasteiger partial charge in [0.05, 0.1) is 12.2 Å². The molecule has 0 bridgehead atoms. The van der Waals surface area contributed by atoms with Gasteiger partial charge in [0, 0.05) is 0 Å². The number of halogens is 1. The van der Waals surface area contributed by atoms with Crippen LogP contribution in [0.2, 0.25) is 0 Å². The predicted octanol–water partition coefficient (Wildman–Crippen LogP) is 3.16.